The summed E-state index contributed by atoms with van der Waals surface area (Å²) in [6.07, 6.45) is -0.00264. The molecule has 0 saturated carbocycles. The second-order valence-corrected chi connectivity index (χ2v) is 6.35. The van der Waals surface area contributed by atoms with Gasteiger partial charge in [0.15, 0.2) is 0 Å². The normalized spacial score (nSPS) is 17.0. The molecule has 0 bridgehead atoms. The van der Waals surface area contributed by atoms with Crippen molar-refractivity contribution in [2.75, 3.05) is 18.1 Å². The molecule has 0 aromatic heterocycles. The van der Waals surface area contributed by atoms with Gasteiger partial charge in [0.2, 0.25) is 0 Å². The van der Waals surface area contributed by atoms with Crippen LogP contribution in [0.25, 0.3) is 0 Å². The van der Waals surface area contributed by atoms with Gasteiger partial charge in [-0.2, -0.15) is 0 Å². The van der Waals surface area contributed by atoms with Crippen molar-refractivity contribution in [1.29, 1.82) is 0 Å². The first kappa shape index (κ1) is 13.8. The first-order valence-electron chi connectivity index (χ1n) is 4.87. The van der Waals surface area contributed by atoms with Gasteiger partial charge < -0.3 is 5.73 Å². The number of hydrogen-bond acceptors (Lipinski definition) is 3. The van der Waals surface area contributed by atoms with Crippen molar-refractivity contribution < 1.29 is 12.8 Å². The van der Waals surface area contributed by atoms with Crippen LogP contribution in [0.2, 0.25) is 0 Å². The van der Waals surface area contributed by atoms with Gasteiger partial charge in [-0.05, 0) is 12.3 Å². The number of nitrogens with two attached hydrogens (primary N) is 1. The van der Waals surface area contributed by atoms with E-state index in [9.17, 15) is 12.8 Å². The lowest BCUT2D eigenvalue weighted by Gasteiger charge is -2.27. The molecule has 1 unspecified atom stereocenters. The maximum absolute atomic E-state index is 13.9. The van der Waals surface area contributed by atoms with E-state index >= 15 is 0 Å². The zero-order valence-electron chi connectivity index (χ0n) is 9.09. The Kier molecular flexibility index (Phi) is 5.01. The van der Waals surface area contributed by atoms with E-state index in [0.717, 1.165) is 0 Å². The van der Waals surface area contributed by atoms with Crippen molar-refractivity contribution in [2.45, 2.75) is 32.9 Å². The van der Waals surface area contributed by atoms with Gasteiger partial charge in [0.25, 0.3) is 0 Å². The van der Waals surface area contributed by atoms with Crippen molar-refractivity contribution in [1.82, 2.24) is 0 Å². The molecule has 0 aromatic carbocycles. The molecule has 0 aliphatic heterocycles. The third kappa shape index (κ3) is 3.92. The quantitative estimate of drug-likeness (QED) is 0.737. The minimum Gasteiger partial charge on any atom is -0.328 e. The van der Waals surface area contributed by atoms with Gasteiger partial charge >= 0.3 is 0 Å². The van der Waals surface area contributed by atoms with E-state index in [2.05, 4.69) is 0 Å². The Morgan fingerprint density at radius 2 is 1.93 bits per heavy atom. The second-order valence-electron chi connectivity index (χ2n) is 3.88. The summed E-state index contributed by atoms with van der Waals surface area (Å²) in [6.45, 7) is 4.87. The number of hydrogen-bond donors (Lipinski definition) is 1. The minimum absolute atomic E-state index is 0.00264. The smallest absolute Gasteiger partial charge is 0.150 e. The predicted molar refractivity (Wildman–Crippen MR) is 56.7 cm³/mol. The summed E-state index contributed by atoms with van der Waals surface area (Å²) >= 11 is 0. The standard InChI is InChI=1S/C9H20FNO2S/c1-4-14(12,13)6-5-9(10,7-11)8(2)3/h8H,4-7,11H2,1-3H3. The molecule has 2 N–H and O–H groups in total. The Labute approximate surface area is 85.8 Å². The molecule has 1 atom stereocenters. The van der Waals surface area contributed by atoms with Crippen molar-refractivity contribution in [2.24, 2.45) is 11.7 Å². The van der Waals surface area contributed by atoms with Crippen LogP contribution in [0.3, 0.4) is 0 Å². The average molecular weight is 225 g/mol. The fourth-order valence-electron chi connectivity index (χ4n) is 1.10. The molecule has 3 nitrogen and oxygen atoms in total. The summed E-state index contributed by atoms with van der Waals surface area (Å²) < 4.78 is 36.3. The zero-order valence-corrected chi connectivity index (χ0v) is 9.90. The van der Waals surface area contributed by atoms with Crippen LogP contribution in [0.5, 0.6) is 0 Å². The highest BCUT2D eigenvalue weighted by Gasteiger charge is 2.33. The number of alkyl halides is 1. The molecule has 5 heteroatoms. The third-order valence-electron chi connectivity index (χ3n) is 2.64. The van der Waals surface area contributed by atoms with E-state index in [4.69, 9.17) is 5.73 Å². The van der Waals surface area contributed by atoms with E-state index in [1.165, 1.54) is 0 Å². The van der Waals surface area contributed by atoms with Gasteiger partial charge in [0.1, 0.15) is 15.5 Å². The van der Waals surface area contributed by atoms with Crippen LogP contribution in [0.1, 0.15) is 27.2 Å². The topological polar surface area (TPSA) is 60.2 Å². The Morgan fingerprint density at radius 1 is 1.43 bits per heavy atom. The third-order valence-corrected chi connectivity index (χ3v) is 4.35. The van der Waals surface area contributed by atoms with E-state index < -0.39 is 15.5 Å². The van der Waals surface area contributed by atoms with Gasteiger partial charge in [0.05, 0.1) is 5.75 Å². The summed E-state index contributed by atoms with van der Waals surface area (Å²) in [7, 11) is -3.09. The lowest BCUT2D eigenvalue weighted by molar-refractivity contribution is 0.106. The zero-order chi connectivity index (χ0) is 11.4. The van der Waals surface area contributed by atoms with Crippen LogP contribution in [-0.2, 0) is 9.84 Å². The molecule has 0 spiro atoms. The summed E-state index contributed by atoms with van der Waals surface area (Å²) in [5, 5.41) is 0. The van der Waals surface area contributed by atoms with Crippen molar-refractivity contribution in [3.05, 3.63) is 0 Å². The monoisotopic (exact) mass is 225 g/mol. The molecule has 0 saturated heterocycles. The maximum Gasteiger partial charge on any atom is 0.150 e. The molecule has 0 rings (SSSR count). The van der Waals surface area contributed by atoms with Gasteiger partial charge in [0, 0.05) is 12.3 Å². The molecule has 0 radical (unpaired) electrons. The van der Waals surface area contributed by atoms with Gasteiger partial charge in [-0.25, -0.2) is 12.8 Å². The lowest BCUT2D eigenvalue weighted by Crippen LogP contribution is -2.40. The highest BCUT2D eigenvalue weighted by molar-refractivity contribution is 7.91. The lowest BCUT2D eigenvalue weighted by atomic mass is 9.90. The van der Waals surface area contributed by atoms with Gasteiger partial charge in [-0.3, -0.25) is 0 Å². The molecule has 86 valence electrons. The van der Waals surface area contributed by atoms with Crippen LogP contribution >= 0.6 is 0 Å². The molecule has 14 heavy (non-hydrogen) atoms. The molecule has 0 fully saturated rings. The Balaban J connectivity index is 4.36. The van der Waals surface area contributed by atoms with Crippen LogP contribution in [0.4, 0.5) is 4.39 Å². The Hall–Kier alpha value is -0.160. The molecule has 0 aliphatic carbocycles. The summed E-state index contributed by atoms with van der Waals surface area (Å²) in [5.41, 5.74) is 3.76. The molecule has 0 amide bonds. The maximum atomic E-state index is 13.9. The Morgan fingerprint density at radius 3 is 2.21 bits per heavy atom. The van der Waals surface area contributed by atoms with Gasteiger partial charge in [-0.1, -0.05) is 20.8 Å². The molecule has 0 aliphatic rings. The first-order chi connectivity index (χ1) is 6.27. The van der Waals surface area contributed by atoms with Gasteiger partial charge in [-0.15, -0.1) is 0 Å². The molecule has 0 aromatic rings. The highest BCUT2D eigenvalue weighted by Crippen LogP contribution is 2.25. The predicted octanol–water partition coefficient (Wildman–Crippen LogP) is 1.13. The second kappa shape index (κ2) is 5.07. The number of rotatable bonds is 6. The summed E-state index contributed by atoms with van der Waals surface area (Å²) in [4.78, 5) is 0. The molecule has 0 heterocycles. The minimum atomic E-state index is -3.09. The van der Waals surface area contributed by atoms with Crippen molar-refractivity contribution >= 4 is 9.84 Å². The number of halogens is 1. The van der Waals surface area contributed by atoms with Crippen LogP contribution in [0.15, 0.2) is 0 Å². The van der Waals surface area contributed by atoms with E-state index in [0.29, 0.717) is 0 Å². The summed E-state index contributed by atoms with van der Waals surface area (Å²) in [5.74, 6) is -0.305. The summed E-state index contributed by atoms with van der Waals surface area (Å²) in [6, 6.07) is 0. The van der Waals surface area contributed by atoms with Crippen LogP contribution in [0, 0.1) is 5.92 Å². The average Bonchev–Trinajstić information content (AvgIpc) is 2.14. The fraction of sp³-hybridized carbons (Fsp3) is 1.00. The van der Waals surface area contributed by atoms with Crippen molar-refractivity contribution in [3.63, 3.8) is 0 Å². The molecular formula is C9H20FNO2S. The van der Waals surface area contributed by atoms with E-state index in [1.54, 1.807) is 20.8 Å². The number of sulfone groups is 1. The highest BCUT2D eigenvalue weighted by atomic mass is 32.2. The largest absolute Gasteiger partial charge is 0.328 e. The first-order valence-corrected chi connectivity index (χ1v) is 6.69. The van der Waals surface area contributed by atoms with E-state index in [-0.39, 0.29) is 30.4 Å². The van der Waals surface area contributed by atoms with Crippen LogP contribution < -0.4 is 5.73 Å². The Bertz CT molecular complexity index is 264. The SMILES string of the molecule is CCS(=O)(=O)CCC(F)(CN)C(C)C. The van der Waals surface area contributed by atoms with E-state index in [1.807, 2.05) is 0 Å². The van der Waals surface area contributed by atoms with Crippen LogP contribution in [-0.4, -0.2) is 32.1 Å². The van der Waals surface area contributed by atoms with Crippen molar-refractivity contribution in [3.8, 4) is 0 Å². The fourth-order valence-corrected chi connectivity index (χ4v) is 2.03. The molecular weight excluding hydrogens is 205 g/mol.